The third-order valence-electron chi connectivity index (χ3n) is 2.52. The van der Waals surface area contributed by atoms with E-state index >= 15 is 0 Å². The Morgan fingerprint density at radius 3 is 2.72 bits per heavy atom. The highest BCUT2D eigenvalue weighted by molar-refractivity contribution is 7.99. The Labute approximate surface area is 117 Å². The summed E-state index contributed by atoms with van der Waals surface area (Å²) < 4.78 is 26.4. The first kappa shape index (κ1) is 15.6. The normalized spacial score (nSPS) is 13.5. The van der Waals surface area contributed by atoms with Crippen LogP contribution in [0.1, 0.15) is 13.3 Å². The fourth-order valence-corrected chi connectivity index (χ4v) is 2.84. The molecule has 18 heavy (non-hydrogen) atoms. The smallest absolute Gasteiger partial charge is 0.240 e. The molecule has 0 aliphatic rings. The van der Waals surface area contributed by atoms with Gasteiger partial charge in [0.2, 0.25) is 10.0 Å². The van der Waals surface area contributed by atoms with E-state index in [1.54, 1.807) is 11.8 Å². The van der Waals surface area contributed by atoms with E-state index in [4.69, 9.17) is 17.3 Å². The van der Waals surface area contributed by atoms with E-state index < -0.39 is 10.0 Å². The van der Waals surface area contributed by atoms with Crippen molar-refractivity contribution in [3.8, 4) is 0 Å². The second kappa shape index (κ2) is 6.65. The van der Waals surface area contributed by atoms with Gasteiger partial charge in [-0.15, -0.1) is 0 Å². The van der Waals surface area contributed by atoms with E-state index in [0.29, 0.717) is 16.8 Å². The fourth-order valence-electron chi connectivity index (χ4n) is 1.29. The van der Waals surface area contributed by atoms with Crippen LogP contribution in [0.2, 0.25) is 5.02 Å². The van der Waals surface area contributed by atoms with E-state index in [1.807, 2.05) is 6.26 Å². The molecule has 1 aromatic carbocycles. The first-order valence-corrected chi connectivity index (χ1v) is 8.59. The summed E-state index contributed by atoms with van der Waals surface area (Å²) >= 11 is 7.46. The molecule has 102 valence electrons. The van der Waals surface area contributed by atoms with Crippen molar-refractivity contribution in [3.63, 3.8) is 0 Å². The van der Waals surface area contributed by atoms with Crippen molar-refractivity contribution < 1.29 is 8.42 Å². The molecule has 0 bridgehead atoms. The largest absolute Gasteiger partial charge is 0.397 e. The highest BCUT2D eigenvalue weighted by Gasteiger charge is 2.14. The number of thioether (sulfide) groups is 1. The number of nitrogen functional groups attached to an aromatic ring is 1. The maximum Gasteiger partial charge on any atom is 0.240 e. The highest BCUT2D eigenvalue weighted by Crippen LogP contribution is 2.22. The molecule has 0 aliphatic carbocycles. The Kier molecular flexibility index (Phi) is 5.78. The highest BCUT2D eigenvalue weighted by atomic mass is 35.5. The van der Waals surface area contributed by atoms with Crippen LogP contribution in [-0.4, -0.2) is 26.5 Å². The van der Waals surface area contributed by atoms with E-state index in [9.17, 15) is 8.42 Å². The van der Waals surface area contributed by atoms with Crippen LogP contribution in [0.4, 0.5) is 5.69 Å². The Morgan fingerprint density at radius 2 is 2.17 bits per heavy atom. The van der Waals surface area contributed by atoms with Gasteiger partial charge in [0, 0.05) is 11.8 Å². The van der Waals surface area contributed by atoms with Crippen molar-refractivity contribution in [2.45, 2.75) is 23.5 Å². The second-order valence-electron chi connectivity index (χ2n) is 3.92. The number of halogens is 1. The van der Waals surface area contributed by atoms with Gasteiger partial charge in [-0.05, 0) is 30.9 Å². The van der Waals surface area contributed by atoms with E-state index in [2.05, 4.69) is 11.6 Å². The molecule has 0 fully saturated rings. The number of nitrogens with one attached hydrogen (secondary N) is 1. The monoisotopic (exact) mass is 308 g/mol. The van der Waals surface area contributed by atoms with Crippen LogP contribution < -0.4 is 10.5 Å². The maximum atomic E-state index is 11.9. The molecule has 1 aromatic rings. The molecule has 0 saturated heterocycles. The van der Waals surface area contributed by atoms with Crippen molar-refractivity contribution >= 4 is 39.1 Å². The Hall–Kier alpha value is -0.430. The van der Waals surface area contributed by atoms with Crippen LogP contribution in [0, 0.1) is 0 Å². The van der Waals surface area contributed by atoms with Gasteiger partial charge in [0.1, 0.15) is 0 Å². The van der Waals surface area contributed by atoms with Crippen molar-refractivity contribution in [3.05, 3.63) is 23.2 Å². The Bertz CT molecular complexity index is 506. The summed E-state index contributed by atoms with van der Waals surface area (Å²) in [5.74, 6) is 0. The Balaban J connectivity index is 2.71. The topological polar surface area (TPSA) is 72.2 Å². The van der Waals surface area contributed by atoms with Crippen LogP contribution in [0.5, 0.6) is 0 Å². The molecule has 1 atom stereocenters. The summed E-state index contributed by atoms with van der Waals surface area (Å²) in [7, 11) is -3.50. The summed E-state index contributed by atoms with van der Waals surface area (Å²) in [6.07, 6.45) is 2.78. The number of anilines is 1. The molecule has 0 amide bonds. The molecule has 0 heterocycles. The van der Waals surface area contributed by atoms with Crippen LogP contribution in [0.3, 0.4) is 0 Å². The van der Waals surface area contributed by atoms with Crippen molar-refractivity contribution in [2.75, 3.05) is 18.5 Å². The molecule has 0 aromatic heterocycles. The molecule has 0 saturated carbocycles. The average Bonchev–Trinajstić information content (AvgIpc) is 2.32. The predicted octanol–water partition coefficient (Wildman–Crippen LogP) is 2.34. The average molecular weight is 309 g/mol. The van der Waals surface area contributed by atoms with Crippen molar-refractivity contribution in [2.24, 2.45) is 0 Å². The minimum atomic E-state index is -3.50. The fraction of sp³-hybridized carbons (Fsp3) is 0.455. The van der Waals surface area contributed by atoms with Gasteiger partial charge in [-0.3, -0.25) is 0 Å². The quantitative estimate of drug-likeness (QED) is 0.791. The molecule has 4 nitrogen and oxygen atoms in total. The third kappa shape index (κ3) is 4.35. The SMILES string of the molecule is CSC(C)CCNS(=O)(=O)c1ccc(Cl)c(N)c1. The lowest BCUT2D eigenvalue weighted by Gasteiger charge is -2.10. The van der Waals surface area contributed by atoms with Crippen molar-refractivity contribution in [1.29, 1.82) is 0 Å². The van der Waals surface area contributed by atoms with Gasteiger partial charge < -0.3 is 5.73 Å². The minimum absolute atomic E-state index is 0.140. The summed E-state index contributed by atoms with van der Waals surface area (Å²) in [5, 5.41) is 0.771. The molecule has 1 unspecified atom stereocenters. The van der Waals surface area contributed by atoms with Crippen LogP contribution in [0.25, 0.3) is 0 Å². The lowest BCUT2D eigenvalue weighted by molar-refractivity contribution is 0.579. The van der Waals surface area contributed by atoms with Crippen LogP contribution in [0.15, 0.2) is 23.1 Å². The van der Waals surface area contributed by atoms with Gasteiger partial charge in [0.15, 0.2) is 0 Å². The molecular weight excluding hydrogens is 292 g/mol. The van der Waals surface area contributed by atoms with Gasteiger partial charge in [-0.2, -0.15) is 11.8 Å². The second-order valence-corrected chi connectivity index (χ2v) is 7.37. The number of benzene rings is 1. The summed E-state index contributed by atoms with van der Waals surface area (Å²) in [6.45, 7) is 2.46. The van der Waals surface area contributed by atoms with Gasteiger partial charge >= 0.3 is 0 Å². The number of rotatable bonds is 6. The zero-order valence-corrected chi connectivity index (χ0v) is 12.7. The first-order valence-electron chi connectivity index (χ1n) is 5.44. The predicted molar refractivity (Wildman–Crippen MR) is 78.6 cm³/mol. The molecular formula is C11H17ClN2O2S2. The number of hydrogen-bond donors (Lipinski definition) is 2. The lowest BCUT2D eigenvalue weighted by atomic mass is 10.3. The minimum Gasteiger partial charge on any atom is -0.397 e. The Morgan fingerprint density at radius 1 is 1.50 bits per heavy atom. The lowest BCUT2D eigenvalue weighted by Crippen LogP contribution is -2.26. The van der Waals surface area contributed by atoms with Gasteiger partial charge in [-0.1, -0.05) is 18.5 Å². The molecule has 7 heteroatoms. The summed E-state index contributed by atoms with van der Waals surface area (Å²) in [6, 6.07) is 4.29. The van der Waals surface area contributed by atoms with E-state index in [-0.39, 0.29) is 10.6 Å². The zero-order valence-electron chi connectivity index (χ0n) is 10.3. The summed E-state index contributed by atoms with van der Waals surface area (Å²) in [4.78, 5) is 0.140. The van der Waals surface area contributed by atoms with Gasteiger partial charge in [0.25, 0.3) is 0 Å². The molecule has 0 radical (unpaired) electrons. The molecule has 1 rings (SSSR count). The van der Waals surface area contributed by atoms with Crippen LogP contribution in [-0.2, 0) is 10.0 Å². The zero-order chi connectivity index (χ0) is 13.8. The number of nitrogens with two attached hydrogens (primary N) is 1. The van der Waals surface area contributed by atoms with E-state index in [0.717, 1.165) is 6.42 Å². The van der Waals surface area contributed by atoms with Crippen LogP contribution >= 0.6 is 23.4 Å². The van der Waals surface area contributed by atoms with Crippen molar-refractivity contribution in [1.82, 2.24) is 4.72 Å². The molecule has 0 spiro atoms. The first-order chi connectivity index (χ1) is 8.36. The third-order valence-corrected chi connectivity index (χ3v) is 5.37. The standard InChI is InChI=1S/C11H17ClN2O2S2/c1-8(17-2)5-6-14-18(15,16)9-3-4-10(12)11(13)7-9/h3-4,7-8,14H,5-6,13H2,1-2H3. The molecule has 3 N–H and O–H groups in total. The number of sulfonamides is 1. The molecule has 0 aliphatic heterocycles. The number of hydrogen-bond acceptors (Lipinski definition) is 4. The maximum absolute atomic E-state index is 11.9. The van der Waals surface area contributed by atoms with E-state index in [1.165, 1.54) is 18.2 Å². The summed E-state index contributed by atoms with van der Waals surface area (Å²) in [5.41, 5.74) is 5.85. The van der Waals surface area contributed by atoms with Gasteiger partial charge in [0.05, 0.1) is 15.6 Å². The van der Waals surface area contributed by atoms with Gasteiger partial charge in [-0.25, -0.2) is 13.1 Å².